The highest BCUT2D eigenvalue weighted by Crippen LogP contribution is 2.27. The Hall–Kier alpha value is -1.26. The fourth-order valence-corrected chi connectivity index (χ4v) is 2.12. The topological polar surface area (TPSA) is 38.8 Å². The normalized spacial score (nSPS) is 11.5. The van der Waals surface area contributed by atoms with E-state index in [1.807, 2.05) is 32.3 Å². The smallest absolute Gasteiger partial charge is 0.418 e. The maximum Gasteiger partial charge on any atom is 0.515 e. The molecule has 0 unspecified atom stereocenters. The lowest BCUT2D eigenvalue weighted by molar-refractivity contribution is 0.115. The molecule has 0 fully saturated rings. The number of benzene rings is 1. The lowest BCUT2D eigenvalue weighted by Gasteiger charge is -2.29. The number of nitrogens with zero attached hydrogens (tertiary/aromatic N) is 1. The molecule has 0 spiro atoms. The molecule has 0 radical (unpaired) electrons. The quantitative estimate of drug-likeness (QED) is 0.473. The number of carbonyl (C=O) groups is 1. The number of rotatable bonds is 5. The third-order valence-electron chi connectivity index (χ3n) is 2.70. The van der Waals surface area contributed by atoms with Crippen molar-refractivity contribution in [3.63, 3.8) is 0 Å². The summed E-state index contributed by atoms with van der Waals surface area (Å²) in [6, 6.07) is 7.22. The van der Waals surface area contributed by atoms with Gasteiger partial charge in [0, 0.05) is 12.0 Å². The van der Waals surface area contributed by atoms with Gasteiger partial charge in [0.15, 0.2) is 6.07 Å². The van der Waals surface area contributed by atoms with Gasteiger partial charge in [-0.15, -0.1) is 0 Å². The van der Waals surface area contributed by atoms with Crippen LogP contribution in [0, 0.1) is 0 Å². The summed E-state index contributed by atoms with van der Waals surface area (Å²) in [6.07, 6.45) is -0.794. The van der Waals surface area contributed by atoms with Crippen molar-refractivity contribution in [3.8, 4) is 5.75 Å². The van der Waals surface area contributed by atoms with Crippen molar-refractivity contribution in [2.45, 2.75) is 19.3 Å². The highest BCUT2D eigenvalue weighted by Gasteiger charge is 2.22. The Morgan fingerprint density at radius 3 is 2.63 bits per heavy atom. The first kappa shape index (κ1) is 15.8. The molecular formula is C14H20ClNO3. The average Bonchev–Trinajstić information content (AvgIpc) is 2.27. The van der Waals surface area contributed by atoms with E-state index >= 15 is 0 Å². The molecule has 1 aromatic rings. The van der Waals surface area contributed by atoms with Crippen LogP contribution in [-0.2, 0) is 10.2 Å². The molecule has 0 bridgehead atoms. The zero-order valence-corrected chi connectivity index (χ0v) is 12.5. The van der Waals surface area contributed by atoms with Crippen LogP contribution < -0.4 is 4.74 Å². The van der Waals surface area contributed by atoms with Crippen molar-refractivity contribution in [3.05, 3.63) is 29.8 Å². The van der Waals surface area contributed by atoms with Gasteiger partial charge in [-0.3, -0.25) is 0 Å². The number of alkyl halides is 1. The van der Waals surface area contributed by atoms with E-state index in [1.165, 1.54) is 0 Å². The number of ether oxygens (including phenoxy) is 2. The molecule has 0 atom stereocenters. The van der Waals surface area contributed by atoms with E-state index in [4.69, 9.17) is 16.3 Å². The molecular weight excluding hydrogens is 266 g/mol. The molecule has 0 aliphatic rings. The van der Waals surface area contributed by atoms with Gasteiger partial charge in [0.05, 0.1) is 0 Å². The van der Waals surface area contributed by atoms with E-state index in [-0.39, 0.29) is 11.5 Å². The van der Waals surface area contributed by atoms with Crippen molar-refractivity contribution in [2.75, 3.05) is 26.7 Å². The fraction of sp³-hybridized carbons (Fsp3) is 0.500. The Morgan fingerprint density at radius 1 is 1.37 bits per heavy atom. The summed E-state index contributed by atoms with van der Waals surface area (Å²) in [5.74, 6) is 0.458. The summed E-state index contributed by atoms with van der Waals surface area (Å²) in [7, 11) is 4.06. The standard InChI is InChI=1S/C14H20ClNO3/c1-14(2,9-16(3)4)11-6-5-7-12(8-11)19-13(17)18-10-15/h5-8H,9-10H2,1-4H3. The van der Waals surface area contributed by atoms with Gasteiger partial charge in [0.2, 0.25) is 0 Å². The third-order valence-corrected chi connectivity index (χ3v) is 2.81. The molecule has 0 aliphatic carbocycles. The Labute approximate surface area is 119 Å². The van der Waals surface area contributed by atoms with Gasteiger partial charge in [-0.2, -0.15) is 0 Å². The van der Waals surface area contributed by atoms with Crippen LogP contribution in [0.4, 0.5) is 4.79 Å². The van der Waals surface area contributed by atoms with E-state index in [2.05, 4.69) is 23.5 Å². The van der Waals surface area contributed by atoms with Gasteiger partial charge in [0.25, 0.3) is 0 Å². The second-order valence-corrected chi connectivity index (χ2v) is 5.47. The molecule has 0 saturated carbocycles. The van der Waals surface area contributed by atoms with E-state index in [9.17, 15) is 4.79 Å². The van der Waals surface area contributed by atoms with Crippen LogP contribution in [-0.4, -0.2) is 37.8 Å². The largest absolute Gasteiger partial charge is 0.515 e. The summed E-state index contributed by atoms with van der Waals surface area (Å²) in [5.41, 5.74) is 1.05. The van der Waals surface area contributed by atoms with Crippen LogP contribution in [0.25, 0.3) is 0 Å². The number of carbonyl (C=O) groups excluding carboxylic acids is 1. The highest BCUT2D eigenvalue weighted by molar-refractivity contribution is 6.17. The van der Waals surface area contributed by atoms with Crippen LogP contribution in [0.5, 0.6) is 5.75 Å². The molecule has 0 amide bonds. The predicted molar refractivity (Wildman–Crippen MR) is 75.9 cm³/mol. The Bertz CT molecular complexity index is 432. The van der Waals surface area contributed by atoms with Crippen molar-refractivity contribution < 1.29 is 14.3 Å². The van der Waals surface area contributed by atoms with Crippen LogP contribution in [0.1, 0.15) is 19.4 Å². The summed E-state index contributed by atoms with van der Waals surface area (Å²) in [4.78, 5) is 13.3. The van der Waals surface area contributed by atoms with Crippen LogP contribution in [0.3, 0.4) is 0 Å². The first-order valence-electron chi connectivity index (χ1n) is 6.01. The van der Waals surface area contributed by atoms with E-state index in [0.29, 0.717) is 5.75 Å². The minimum absolute atomic E-state index is 0.0424. The van der Waals surface area contributed by atoms with Crippen molar-refractivity contribution >= 4 is 17.8 Å². The molecule has 4 nitrogen and oxygen atoms in total. The second-order valence-electron chi connectivity index (χ2n) is 5.26. The molecule has 0 aliphatic heterocycles. The minimum atomic E-state index is -0.794. The zero-order valence-electron chi connectivity index (χ0n) is 11.8. The van der Waals surface area contributed by atoms with E-state index in [1.54, 1.807) is 6.07 Å². The summed E-state index contributed by atoms with van der Waals surface area (Å²) in [5, 5.41) is 0. The Morgan fingerprint density at radius 2 is 2.05 bits per heavy atom. The lowest BCUT2D eigenvalue weighted by Crippen LogP contribution is -2.32. The fourth-order valence-electron chi connectivity index (χ4n) is 2.03. The van der Waals surface area contributed by atoms with Crippen LogP contribution in [0.2, 0.25) is 0 Å². The first-order valence-corrected chi connectivity index (χ1v) is 6.54. The average molecular weight is 286 g/mol. The van der Waals surface area contributed by atoms with Crippen molar-refractivity contribution in [1.29, 1.82) is 0 Å². The number of halogens is 1. The molecule has 0 heterocycles. The lowest BCUT2D eigenvalue weighted by atomic mass is 9.84. The summed E-state index contributed by atoms with van der Waals surface area (Å²) < 4.78 is 9.57. The number of likely N-dealkylation sites (N-methyl/N-ethyl adjacent to an activating group) is 1. The van der Waals surface area contributed by atoms with Gasteiger partial charge in [-0.1, -0.05) is 37.6 Å². The Kier molecular flexibility index (Phi) is 5.63. The molecule has 1 rings (SSSR count). The number of hydrogen-bond donors (Lipinski definition) is 0. The van der Waals surface area contributed by atoms with Gasteiger partial charge in [0.1, 0.15) is 5.75 Å². The van der Waals surface area contributed by atoms with E-state index < -0.39 is 6.16 Å². The van der Waals surface area contributed by atoms with Gasteiger partial charge >= 0.3 is 6.16 Å². The zero-order chi connectivity index (χ0) is 14.5. The molecule has 0 saturated heterocycles. The minimum Gasteiger partial charge on any atom is -0.418 e. The molecule has 0 aromatic heterocycles. The first-order chi connectivity index (χ1) is 8.85. The second kappa shape index (κ2) is 6.78. The predicted octanol–water partition coefficient (Wildman–Crippen LogP) is 3.24. The van der Waals surface area contributed by atoms with Gasteiger partial charge < -0.3 is 14.4 Å². The highest BCUT2D eigenvalue weighted by atomic mass is 35.5. The molecule has 5 heteroatoms. The third kappa shape index (κ3) is 5.09. The molecule has 1 aromatic carbocycles. The summed E-state index contributed by atoms with van der Waals surface area (Å²) in [6.45, 7) is 5.18. The monoisotopic (exact) mass is 285 g/mol. The van der Waals surface area contributed by atoms with Gasteiger partial charge in [-0.25, -0.2) is 4.79 Å². The molecule has 19 heavy (non-hydrogen) atoms. The van der Waals surface area contributed by atoms with E-state index in [0.717, 1.165) is 12.1 Å². The van der Waals surface area contributed by atoms with Crippen molar-refractivity contribution in [2.24, 2.45) is 0 Å². The molecule has 106 valence electrons. The van der Waals surface area contributed by atoms with Crippen LogP contribution in [0.15, 0.2) is 24.3 Å². The molecule has 0 N–H and O–H groups in total. The maximum absolute atomic E-state index is 11.2. The Balaban J connectivity index is 2.84. The van der Waals surface area contributed by atoms with Crippen LogP contribution >= 0.6 is 11.6 Å². The maximum atomic E-state index is 11.2. The van der Waals surface area contributed by atoms with Crippen molar-refractivity contribution in [1.82, 2.24) is 4.90 Å². The number of hydrogen-bond acceptors (Lipinski definition) is 4. The SMILES string of the molecule is CN(C)CC(C)(C)c1cccc(OC(=O)OCCl)c1. The summed E-state index contributed by atoms with van der Waals surface area (Å²) >= 11 is 5.30. The van der Waals surface area contributed by atoms with Gasteiger partial charge in [-0.05, 0) is 31.8 Å².